The predicted octanol–water partition coefficient (Wildman–Crippen LogP) is 0.531. The Bertz CT molecular complexity index is 155. The van der Waals surface area contributed by atoms with Gasteiger partial charge in [0.1, 0.15) is 5.60 Å². The lowest BCUT2D eigenvalue weighted by Gasteiger charge is -2.46. The highest BCUT2D eigenvalue weighted by Crippen LogP contribution is 2.36. The summed E-state index contributed by atoms with van der Waals surface area (Å²) in [7, 11) is 0. The molecule has 0 bridgehead atoms. The van der Waals surface area contributed by atoms with E-state index >= 15 is 0 Å². The quantitative estimate of drug-likeness (QED) is 0.659. The first-order valence-electron chi connectivity index (χ1n) is 4.76. The largest absolute Gasteiger partial charge is 0.375 e. The Morgan fingerprint density at radius 1 is 1.42 bits per heavy atom. The van der Waals surface area contributed by atoms with Crippen molar-refractivity contribution in [1.29, 1.82) is 0 Å². The summed E-state index contributed by atoms with van der Waals surface area (Å²) in [4.78, 5) is 0. The zero-order valence-corrected chi connectivity index (χ0v) is 7.42. The topological polar surface area (TPSA) is 44.5 Å². The summed E-state index contributed by atoms with van der Waals surface area (Å²) in [5.41, 5.74) is 5.63. The molecule has 0 aromatic heterocycles. The van der Waals surface area contributed by atoms with E-state index in [0.717, 1.165) is 45.1 Å². The highest BCUT2D eigenvalue weighted by molar-refractivity contribution is 4.92. The molecule has 0 amide bonds. The van der Waals surface area contributed by atoms with Crippen LogP contribution in [0.1, 0.15) is 19.3 Å². The minimum absolute atomic E-state index is 0.0953. The van der Waals surface area contributed by atoms with Gasteiger partial charge in [-0.2, -0.15) is 0 Å². The van der Waals surface area contributed by atoms with Crippen LogP contribution < -0.4 is 5.73 Å². The third-order valence-electron chi connectivity index (χ3n) is 2.90. The van der Waals surface area contributed by atoms with Crippen LogP contribution in [0.25, 0.3) is 0 Å². The van der Waals surface area contributed by atoms with Gasteiger partial charge in [0.05, 0.1) is 13.2 Å². The molecule has 2 heterocycles. The van der Waals surface area contributed by atoms with Crippen molar-refractivity contribution in [2.24, 2.45) is 11.7 Å². The summed E-state index contributed by atoms with van der Waals surface area (Å²) >= 11 is 0. The van der Waals surface area contributed by atoms with Gasteiger partial charge < -0.3 is 15.2 Å². The van der Waals surface area contributed by atoms with E-state index in [-0.39, 0.29) is 5.60 Å². The fourth-order valence-corrected chi connectivity index (χ4v) is 2.14. The molecule has 1 spiro atoms. The first-order valence-corrected chi connectivity index (χ1v) is 4.76. The summed E-state index contributed by atoms with van der Waals surface area (Å²) in [6.45, 7) is 3.30. The number of nitrogens with two attached hydrogens (primary N) is 1. The van der Waals surface area contributed by atoms with E-state index in [4.69, 9.17) is 15.2 Å². The Hall–Kier alpha value is -0.120. The maximum absolute atomic E-state index is 5.71. The van der Waals surface area contributed by atoms with Crippen LogP contribution >= 0.6 is 0 Å². The zero-order chi connectivity index (χ0) is 8.44. The maximum Gasteiger partial charge on any atom is 0.115 e. The van der Waals surface area contributed by atoms with Crippen LogP contribution in [0.5, 0.6) is 0 Å². The second-order valence-electron chi connectivity index (χ2n) is 3.96. The van der Waals surface area contributed by atoms with Crippen LogP contribution in [0.3, 0.4) is 0 Å². The lowest BCUT2D eigenvalue weighted by atomic mass is 9.83. The van der Waals surface area contributed by atoms with Crippen LogP contribution in [0.2, 0.25) is 0 Å². The smallest absolute Gasteiger partial charge is 0.115 e. The van der Waals surface area contributed by atoms with Crippen molar-refractivity contribution in [3.8, 4) is 0 Å². The minimum atomic E-state index is 0.0953. The molecule has 3 nitrogen and oxygen atoms in total. The molecule has 0 saturated carbocycles. The van der Waals surface area contributed by atoms with Gasteiger partial charge in [-0.25, -0.2) is 0 Å². The summed E-state index contributed by atoms with van der Waals surface area (Å²) < 4.78 is 10.9. The molecular formula is C9H17NO2. The molecule has 12 heavy (non-hydrogen) atoms. The van der Waals surface area contributed by atoms with Crippen LogP contribution in [-0.4, -0.2) is 32.0 Å². The molecule has 2 aliphatic rings. The van der Waals surface area contributed by atoms with E-state index in [0.29, 0.717) is 0 Å². The van der Waals surface area contributed by atoms with Crippen molar-refractivity contribution in [2.75, 3.05) is 26.4 Å². The van der Waals surface area contributed by atoms with Gasteiger partial charge in [-0.3, -0.25) is 0 Å². The molecule has 0 aromatic rings. The summed E-state index contributed by atoms with van der Waals surface area (Å²) in [6.07, 6.45) is 3.48. The van der Waals surface area contributed by atoms with Gasteiger partial charge in [0.2, 0.25) is 0 Å². The van der Waals surface area contributed by atoms with Gasteiger partial charge in [-0.1, -0.05) is 0 Å². The maximum atomic E-state index is 5.71. The second-order valence-corrected chi connectivity index (χ2v) is 3.96. The summed E-state index contributed by atoms with van der Waals surface area (Å²) in [6, 6.07) is 0. The molecular weight excluding hydrogens is 154 g/mol. The Kier molecular flexibility index (Phi) is 2.35. The molecule has 1 unspecified atom stereocenters. The zero-order valence-electron chi connectivity index (χ0n) is 7.42. The van der Waals surface area contributed by atoms with Gasteiger partial charge in [-0.05, 0) is 31.7 Å². The molecule has 2 N–H and O–H groups in total. The first kappa shape index (κ1) is 8.48. The van der Waals surface area contributed by atoms with Crippen LogP contribution in [0.4, 0.5) is 0 Å². The highest BCUT2D eigenvalue weighted by atomic mass is 16.6. The van der Waals surface area contributed by atoms with Crippen LogP contribution in [0, 0.1) is 5.92 Å². The normalized spacial score (nSPS) is 33.2. The molecule has 0 radical (unpaired) electrons. The molecule has 2 fully saturated rings. The van der Waals surface area contributed by atoms with E-state index in [9.17, 15) is 0 Å². The highest BCUT2D eigenvalue weighted by Gasteiger charge is 2.43. The molecule has 1 atom stereocenters. The molecule has 0 aromatic carbocycles. The number of hydrogen-bond donors (Lipinski definition) is 1. The van der Waals surface area contributed by atoms with Crippen molar-refractivity contribution < 1.29 is 9.47 Å². The van der Waals surface area contributed by atoms with Crippen LogP contribution in [0.15, 0.2) is 0 Å². The van der Waals surface area contributed by atoms with Gasteiger partial charge >= 0.3 is 0 Å². The molecule has 70 valence electrons. The van der Waals surface area contributed by atoms with Crippen molar-refractivity contribution in [2.45, 2.75) is 24.9 Å². The number of ether oxygens (including phenoxy) is 2. The lowest BCUT2D eigenvalue weighted by molar-refractivity contribution is -0.235. The van der Waals surface area contributed by atoms with E-state index in [1.165, 1.54) is 6.42 Å². The van der Waals surface area contributed by atoms with Crippen molar-refractivity contribution in [3.63, 3.8) is 0 Å². The monoisotopic (exact) mass is 171 g/mol. The Balaban J connectivity index is 1.85. The van der Waals surface area contributed by atoms with E-state index in [1.807, 2.05) is 0 Å². The molecule has 0 aliphatic carbocycles. The molecule has 3 heteroatoms. The van der Waals surface area contributed by atoms with Gasteiger partial charge in [0.15, 0.2) is 0 Å². The van der Waals surface area contributed by atoms with E-state index in [1.54, 1.807) is 0 Å². The van der Waals surface area contributed by atoms with Crippen molar-refractivity contribution >= 4 is 0 Å². The minimum Gasteiger partial charge on any atom is -0.375 e. The SMILES string of the molecule is NCCC1CCOC2(COC2)C1. The summed E-state index contributed by atoms with van der Waals surface area (Å²) in [5, 5.41) is 0. The van der Waals surface area contributed by atoms with Gasteiger partial charge in [0.25, 0.3) is 0 Å². The Morgan fingerprint density at radius 2 is 2.25 bits per heavy atom. The number of rotatable bonds is 2. The fourth-order valence-electron chi connectivity index (χ4n) is 2.14. The summed E-state index contributed by atoms with van der Waals surface area (Å²) in [5.74, 6) is 0.771. The Morgan fingerprint density at radius 3 is 2.83 bits per heavy atom. The molecule has 2 rings (SSSR count). The van der Waals surface area contributed by atoms with Gasteiger partial charge in [-0.15, -0.1) is 0 Å². The molecule has 2 aliphatic heterocycles. The average Bonchev–Trinajstić information content (AvgIpc) is 2.03. The van der Waals surface area contributed by atoms with Crippen molar-refractivity contribution in [3.05, 3.63) is 0 Å². The Labute approximate surface area is 73.2 Å². The molecule has 2 saturated heterocycles. The number of hydrogen-bond acceptors (Lipinski definition) is 3. The van der Waals surface area contributed by atoms with E-state index in [2.05, 4.69) is 0 Å². The van der Waals surface area contributed by atoms with Crippen molar-refractivity contribution in [1.82, 2.24) is 0 Å². The predicted molar refractivity (Wildman–Crippen MR) is 45.9 cm³/mol. The third-order valence-corrected chi connectivity index (χ3v) is 2.90. The first-order chi connectivity index (χ1) is 5.85. The third kappa shape index (κ3) is 1.49. The average molecular weight is 171 g/mol. The lowest BCUT2D eigenvalue weighted by Crippen LogP contribution is -2.55. The van der Waals surface area contributed by atoms with Gasteiger partial charge in [0, 0.05) is 6.61 Å². The fraction of sp³-hybridized carbons (Fsp3) is 1.00. The standard InChI is InChI=1S/C9H17NO2/c10-3-1-8-2-4-12-9(5-8)6-11-7-9/h8H,1-7,10H2. The van der Waals surface area contributed by atoms with Crippen LogP contribution in [-0.2, 0) is 9.47 Å². The second kappa shape index (κ2) is 3.32. The van der Waals surface area contributed by atoms with E-state index < -0.39 is 0 Å².